The van der Waals surface area contributed by atoms with E-state index in [2.05, 4.69) is 5.32 Å². The lowest BCUT2D eigenvalue weighted by Crippen LogP contribution is -2.28. The van der Waals surface area contributed by atoms with Gasteiger partial charge in [0.15, 0.2) is 0 Å². The highest BCUT2D eigenvalue weighted by atomic mass is 19.1. The molecule has 1 rings (SSSR count). The second-order valence-corrected chi connectivity index (χ2v) is 3.58. The standard InChI is InChI=1S/C12H16FNO2/c1-4-16-12(15)9(3)14-11-6-5-10(13)7-8(11)2/h5-7,9,14H,4H2,1-3H3. The molecule has 0 saturated heterocycles. The number of carbonyl (C=O) groups excluding carboxylic acids is 1. The molecule has 16 heavy (non-hydrogen) atoms. The average Bonchev–Trinajstić information content (AvgIpc) is 2.22. The molecule has 0 aliphatic heterocycles. The van der Waals surface area contributed by atoms with Crippen LogP contribution >= 0.6 is 0 Å². The van der Waals surface area contributed by atoms with Crippen molar-refractivity contribution in [2.24, 2.45) is 0 Å². The lowest BCUT2D eigenvalue weighted by atomic mass is 10.2. The summed E-state index contributed by atoms with van der Waals surface area (Å²) in [5.41, 5.74) is 1.50. The Kier molecular flexibility index (Phi) is 4.28. The first-order valence-electron chi connectivity index (χ1n) is 5.24. The monoisotopic (exact) mass is 225 g/mol. The van der Waals surface area contributed by atoms with Crippen LogP contribution < -0.4 is 5.32 Å². The molecule has 1 N–H and O–H groups in total. The molecule has 0 aliphatic rings. The summed E-state index contributed by atoms with van der Waals surface area (Å²) in [7, 11) is 0. The minimum Gasteiger partial charge on any atom is -0.464 e. The Morgan fingerprint density at radius 3 is 2.81 bits per heavy atom. The molecule has 88 valence electrons. The second kappa shape index (κ2) is 5.49. The van der Waals surface area contributed by atoms with E-state index < -0.39 is 6.04 Å². The first-order valence-corrected chi connectivity index (χ1v) is 5.24. The predicted molar refractivity (Wildman–Crippen MR) is 60.9 cm³/mol. The van der Waals surface area contributed by atoms with Crippen LogP contribution in [0.1, 0.15) is 19.4 Å². The van der Waals surface area contributed by atoms with Gasteiger partial charge in [-0.1, -0.05) is 0 Å². The maximum atomic E-state index is 12.8. The Labute approximate surface area is 94.6 Å². The maximum absolute atomic E-state index is 12.8. The highest BCUT2D eigenvalue weighted by Crippen LogP contribution is 2.16. The number of rotatable bonds is 4. The van der Waals surface area contributed by atoms with Gasteiger partial charge in [0, 0.05) is 5.69 Å². The summed E-state index contributed by atoms with van der Waals surface area (Å²) in [5, 5.41) is 2.98. The summed E-state index contributed by atoms with van der Waals surface area (Å²) >= 11 is 0. The fourth-order valence-corrected chi connectivity index (χ4v) is 1.35. The van der Waals surface area contributed by atoms with E-state index in [0.717, 1.165) is 11.3 Å². The normalized spacial score (nSPS) is 12.0. The number of benzene rings is 1. The first-order chi connectivity index (χ1) is 7.54. The van der Waals surface area contributed by atoms with Crippen LogP contribution in [0, 0.1) is 12.7 Å². The fourth-order valence-electron chi connectivity index (χ4n) is 1.35. The van der Waals surface area contributed by atoms with Gasteiger partial charge < -0.3 is 10.1 Å². The van der Waals surface area contributed by atoms with Crippen LogP contribution in [-0.4, -0.2) is 18.6 Å². The molecule has 0 spiro atoms. The molecule has 0 aliphatic carbocycles. The number of carbonyl (C=O) groups is 1. The lowest BCUT2D eigenvalue weighted by molar-refractivity contribution is -0.143. The zero-order valence-electron chi connectivity index (χ0n) is 9.71. The summed E-state index contributed by atoms with van der Waals surface area (Å²) in [5.74, 6) is -0.599. The van der Waals surface area contributed by atoms with E-state index in [-0.39, 0.29) is 11.8 Å². The van der Waals surface area contributed by atoms with E-state index in [4.69, 9.17) is 4.74 Å². The van der Waals surface area contributed by atoms with Crippen LogP contribution in [0.25, 0.3) is 0 Å². The molecule has 0 fully saturated rings. The quantitative estimate of drug-likeness (QED) is 0.800. The highest BCUT2D eigenvalue weighted by Gasteiger charge is 2.14. The number of anilines is 1. The first kappa shape index (κ1) is 12.5. The van der Waals surface area contributed by atoms with Crippen LogP contribution in [0.3, 0.4) is 0 Å². The van der Waals surface area contributed by atoms with Crippen molar-refractivity contribution in [2.75, 3.05) is 11.9 Å². The topological polar surface area (TPSA) is 38.3 Å². The molecule has 1 atom stereocenters. The Balaban J connectivity index is 2.69. The van der Waals surface area contributed by atoms with E-state index in [0.29, 0.717) is 6.61 Å². The van der Waals surface area contributed by atoms with Gasteiger partial charge in [0.2, 0.25) is 0 Å². The molecular weight excluding hydrogens is 209 g/mol. The SMILES string of the molecule is CCOC(=O)C(C)Nc1ccc(F)cc1C. The van der Waals surface area contributed by atoms with Crippen LogP contribution in [0.2, 0.25) is 0 Å². The van der Waals surface area contributed by atoms with Crippen LogP contribution in [0.15, 0.2) is 18.2 Å². The van der Waals surface area contributed by atoms with Crippen molar-refractivity contribution in [2.45, 2.75) is 26.8 Å². The summed E-state index contributed by atoms with van der Waals surface area (Å²) in [6.07, 6.45) is 0. The van der Waals surface area contributed by atoms with Gasteiger partial charge in [0.25, 0.3) is 0 Å². The van der Waals surface area contributed by atoms with Gasteiger partial charge in [-0.25, -0.2) is 9.18 Å². The number of esters is 1. The Morgan fingerprint density at radius 2 is 2.25 bits per heavy atom. The van der Waals surface area contributed by atoms with Gasteiger partial charge in [-0.3, -0.25) is 0 Å². The molecule has 0 aromatic heterocycles. The van der Waals surface area contributed by atoms with Crippen molar-refractivity contribution < 1.29 is 13.9 Å². The number of aryl methyl sites for hydroxylation is 1. The van der Waals surface area contributed by atoms with Crippen molar-refractivity contribution >= 4 is 11.7 Å². The highest BCUT2D eigenvalue weighted by molar-refractivity contribution is 5.79. The van der Waals surface area contributed by atoms with Crippen molar-refractivity contribution in [3.63, 3.8) is 0 Å². The van der Waals surface area contributed by atoms with Crippen LogP contribution in [-0.2, 0) is 9.53 Å². The van der Waals surface area contributed by atoms with E-state index in [1.54, 1.807) is 26.8 Å². The maximum Gasteiger partial charge on any atom is 0.328 e. The van der Waals surface area contributed by atoms with E-state index >= 15 is 0 Å². The number of hydrogen-bond acceptors (Lipinski definition) is 3. The lowest BCUT2D eigenvalue weighted by Gasteiger charge is -2.15. The van der Waals surface area contributed by atoms with Gasteiger partial charge in [-0.15, -0.1) is 0 Å². The van der Waals surface area contributed by atoms with Crippen LogP contribution in [0.5, 0.6) is 0 Å². The number of nitrogens with one attached hydrogen (secondary N) is 1. The number of halogens is 1. The predicted octanol–water partition coefficient (Wildman–Crippen LogP) is 2.50. The molecular formula is C12H16FNO2. The van der Waals surface area contributed by atoms with Crippen molar-refractivity contribution in [3.05, 3.63) is 29.6 Å². The minimum atomic E-state index is -0.441. The van der Waals surface area contributed by atoms with Crippen LogP contribution in [0.4, 0.5) is 10.1 Å². The number of hydrogen-bond donors (Lipinski definition) is 1. The van der Waals surface area contributed by atoms with E-state index in [9.17, 15) is 9.18 Å². The summed E-state index contributed by atoms with van der Waals surface area (Å²) in [6, 6.07) is 3.94. The second-order valence-electron chi connectivity index (χ2n) is 3.58. The zero-order chi connectivity index (χ0) is 12.1. The third kappa shape index (κ3) is 3.22. The summed E-state index contributed by atoms with van der Waals surface area (Å²) in [4.78, 5) is 11.4. The molecule has 3 nitrogen and oxygen atoms in total. The third-order valence-electron chi connectivity index (χ3n) is 2.20. The van der Waals surface area contributed by atoms with E-state index in [1.807, 2.05) is 0 Å². The van der Waals surface area contributed by atoms with Crippen molar-refractivity contribution in [1.29, 1.82) is 0 Å². The fraction of sp³-hybridized carbons (Fsp3) is 0.417. The molecule has 0 heterocycles. The molecule has 0 saturated carbocycles. The Hall–Kier alpha value is -1.58. The average molecular weight is 225 g/mol. The molecule has 1 aromatic carbocycles. The van der Waals surface area contributed by atoms with Gasteiger partial charge in [0.05, 0.1) is 6.61 Å². The Morgan fingerprint density at radius 1 is 1.56 bits per heavy atom. The summed E-state index contributed by atoms with van der Waals surface area (Å²) < 4.78 is 17.7. The van der Waals surface area contributed by atoms with Gasteiger partial charge >= 0.3 is 5.97 Å². The summed E-state index contributed by atoms with van der Waals surface area (Å²) in [6.45, 7) is 5.60. The van der Waals surface area contributed by atoms with Gasteiger partial charge in [0.1, 0.15) is 11.9 Å². The number of ether oxygens (including phenoxy) is 1. The molecule has 0 radical (unpaired) electrons. The van der Waals surface area contributed by atoms with Crippen molar-refractivity contribution in [3.8, 4) is 0 Å². The molecule has 4 heteroatoms. The largest absolute Gasteiger partial charge is 0.464 e. The minimum absolute atomic E-state index is 0.285. The third-order valence-corrected chi connectivity index (χ3v) is 2.20. The molecule has 1 unspecified atom stereocenters. The van der Waals surface area contributed by atoms with Crippen molar-refractivity contribution in [1.82, 2.24) is 0 Å². The molecule has 0 bridgehead atoms. The Bertz CT molecular complexity index is 379. The van der Waals surface area contributed by atoms with Gasteiger partial charge in [-0.2, -0.15) is 0 Å². The van der Waals surface area contributed by atoms with Gasteiger partial charge in [-0.05, 0) is 44.5 Å². The molecule has 1 aromatic rings. The van der Waals surface area contributed by atoms with E-state index in [1.165, 1.54) is 12.1 Å². The molecule has 0 amide bonds. The smallest absolute Gasteiger partial charge is 0.328 e. The zero-order valence-corrected chi connectivity index (χ0v) is 9.71.